The van der Waals surface area contributed by atoms with Crippen LogP contribution in [-0.4, -0.2) is 56.3 Å². The summed E-state index contributed by atoms with van der Waals surface area (Å²) in [4.78, 5) is 14.5. The van der Waals surface area contributed by atoms with Gasteiger partial charge in [0.25, 0.3) is 0 Å². The van der Waals surface area contributed by atoms with Crippen LogP contribution in [0.25, 0.3) is 0 Å². The fraction of sp³-hybridized carbons (Fsp3) is 0.611. The summed E-state index contributed by atoms with van der Waals surface area (Å²) in [5.74, 6) is 0.715. The van der Waals surface area contributed by atoms with Crippen molar-refractivity contribution in [3.63, 3.8) is 0 Å². The van der Waals surface area contributed by atoms with Gasteiger partial charge in [0.05, 0.1) is 11.5 Å². The zero-order valence-electron chi connectivity index (χ0n) is 15.5. The fourth-order valence-electron chi connectivity index (χ4n) is 2.84. The molecule has 0 saturated carbocycles. The molecule has 0 aromatic heterocycles. The number of sulfonamides is 1. The molecule has 0 radical (unpaired) electrons. The first kappa shape index (κ1) is 19.7. The highest BCUT2D eigenvalue weighted by molar-refractivity contribution is 7.89. The number of hydrogen-bond acceptors (Lipinski definition) is 4. The van der Waals surface area contributed by atoms with Crippen molar-refractivity contribution in [2.75, 3.05) is 32.8 Å². The highest BCUT2D eigenvalue weighted by Gasteiger charge is 2.32. The number of nitrogens with zero attached hydrogens (tertiary/aromatic N) is 2. The summed E-state index contributed by atoms with van der Waals surface area (Å²) in [6.45, 7) is 9.82. The Morgan fingerprint density at radius 1 is 1.08 bits per heavy atom. The molecule has 140 valence electrons. The van der Waals surface area contributed by atoms with Gasteiger partial charge in [-0.1, -0.05) is 20.8 Å². The third-order valence-corrected chi connectivity index (χ3v) is 6.07. The number of amides is 1. The first-order valence-electron chi connectivity index (χ1n) is 8.68. The first-order valence-corrected chi connectivity index (χ1v) is 10.1. The van der Waals surface area contributed by atoms with Gasteiger partial charge in [-0.05, 0) is 37.6 Å². The third-order valence-electron chi connectivity index (χ3n) is 4.16. The number of carbonyl (C=O) groups is 1. The van der Waals surface area contributed by atoms with Crippen LogP contribution in [-0.2, 0) is 14.8 Å². The predicted octanol–water partition coefficient (Wildman–Crippen LogP) is 2.35. The Balaban J connectivity index is 2.11. The Morgan fingerprint density at radius 2 is 1.72 bits per heavy atom. The first-order chi connectivity index (χ1) is 11.7. The van der Waals surface area contributed by atoms with E-state index in [0.29, 0.717) is 45.0 Å². The fourth-order valence-corrected chi connectivity index (χ4v) is 4.30. The molecular weight excluding hydrogens is 340 g/mol. The van der Waals surface area contributed by atoms with E-state index >= 15 is 0 Å². The van der Waals surface area contributed by atoms with E-state index in [-0.39, 0.29) is 10.8 Å². The lowest BCUT2D eigenvalue weighted by Crippen LogP contribution is -2.42. The zero-order chi connectivity index (χ0) is 18.7. The Kier molecular flexibility index (Phi) is 6.11. The van der Waals surface area contributed by atoms with E-state index in [4.69, 9.17) is 4.74 Å². The third kappa shape index (κ3) is 4.73. The highest BCUT2D eigenvalue weighted by Crippen LogP contribution is 2.23. The molecule has 0 unspecified atom stereocenters. The number of rotatable bonds is 4. The Labute approximate surface area is 150 Å². The molecular formula is C18H28N2O4S. The van der Waals surface area contributed by atoms with Gasteiger partial charge >= 0.3 is 0 Å². The van der Waals surface area contributed by atoms with Crippen molar-refractivity contribution in [1.82, 2.24) is 9.21 Å². The second kappa shape index (κ2) is 7.74. The molecule has 0 N–H and O–H groups in total. The van der Waals surface area contributed by atoms with Crippen LogP contribution >= 0.6 is 0 Å². The molecule has 1 aromatic rings. The second-order valence-electron chi connectivity index (χ2n) is 7.20. The van der Waals surface area contributed by atoms with Gasteiger partial charge in [-0.15, -0.1) is 0 Å². The molecule has 25 heavy (non-hydrogen) atoms. The number of ether oxygens (including phenoxy) is 1. The summed E-state index contributed by atoms with van der Waals surface area (Å²) in [6.07, 6.45) is 0.637. The highest BCUT2D eigenvalue weighted by atomic mass is 32.2. The number of hydrogen-bond donors (Lipinski definition) is 0. The van der Waals surface area contributed by atoms with E-state index in [1.807, 2.05) is 27.7 Å². The summed E-state index contributed by atoms with van der Waals surface area (Å²) in [6, 6.07) is 6.49. The average Bonchev–Trinajstić information content (AvgIpc) is 2.80. The van der Waals surface area contributed by atoms with Crippen LogP contribution in [0.5, 0.6) is 5.75 Å². The smallest absolute Gasteiger partial charge is 0.243 e. The molecule has 0 spiro atoms. The lowest BCUT2D eigenvalue weighted by Gasteiger charge is -2.28. The zero-order valence-corrected chi connectivity index (χ0v) is 16.3. The minimum absolute atomic E-state index is 0.0628. The van der Waals surface area contributed by atoms with Gasteiger partial charge in [0.2, 0.25) is 15.9 Å². The van der Waals surface area contributed by atoms with E-state index in [1.54, 1.807) is 29.2 Å². The molecule has 0 atom stereocenters. The van der Waals surface area contributed by atoms with Gasteiger partial charge in [-0.25, -0.2) is 8.42 Å². The SMILES string of the molecule is CCOc1ccc(S(=O)(=O)N2CCCN(C(=O)C(C)(C)C)CC2)cc1. The van der Waals surface area contributed by atoms with Gasteiger partial charge in [0.1, 0.15) is 5.75 Å². The van der Waals surface area contributed by atoms with Gasteiger partial charge in [-0.3, -0.25) is 4.79 Å². The molecule has 1 aliphatic rings. The topological polar surface area (TPSA) is 66.9 Å². The monoisotopic (exact) mass is 368 g/mol. The maximum atomic E-state index is 12.9. The molecule has 0 bridgehead atoms. The molecule has 1 heterocycles. The maximum Gasteiger partial charge on any atom is 0.243 e. The van der Waals surface area contributed by atoms with Gasteiger partial charge in [0.15, 0.2) is 0 Å². The predicted molar refractivity (Wildman–Crippen MR) is 97.0 cm³/mol. The normalized spacial score (nSPS) is 17.2. The van der Waals surface area contributed by atoms with E-state index in [2.05, 4.69) is 0 Å². The molecule has 2 rings (SSSR count). The molecule has 1 aliphatic heterocycles. The van der Waals surface area contributed by atoms with Crippen molar-refractivity contribution in [2.45, 2.75) is 39.0 Å². The average molecular weight is 368 g/mol. The summed E-state index contributed by atoms with van der Waals surface area (Å²) in [5.41, 5.74) is -0.455. The summed E-state index contributed by atoms with van der Waals surface area (Å²) in [7, 11) is -3.56. The number of benzene rings is 1. The van der Waals surface area contributed by atoms with E-state index in [0.717, 1.165) is 0 Å². The standard InChI is InChI=1S/C18H28N2O4S/c1-5-24-15-7-9-16(10-8-15)25(22,23)20-12-6-11-19(13-14-20)17(21)18(2,3)4/h7-10H,5-6,11-14H2,1-4H3. The molecule has 7 heteroatoms. The van der Waals surface area contributed by atoms with Crippen LogP contribution in [0.1, 0.15) is 34.1 Å². The van der Waals surface area contributed by atoms with Crippen LogP contribution in [0, 0.1) is 5.41 Å². The minimum Gasteiger partial charge on any atom is -0.494 e. The van der Waals surface area contributed by atoms with Crippen molar-refractivity contribution < 1.29 is 17.9 Å². The van der Waals surface area contributed by atoms with Crippen LogP contribution in [0.4, 0.5) is 0 Å². The summed E-state index contributed by atoms with van der Waals surface area (Å²) in [5, 5.41) is 0. The Hall–Kier alpha value is -1.60. The largest absolute Gasteiger partial charge is 0.494 e. The van der Waals surface area contributed by atoms with E-state index in [9.17, 15) is 13.2 Å². The molecule has 6 nitrogen and oxygen atoms in total. The Morgan fingerprint density at radius 3 is 2.28 bits per heavy atom. The van der Waals surface area contributed by atoms with Gasteiger partial charge in [-0.2, -0.15) is 4.31 Å². The van der Waals surface area contributed by atoms with Crippen LogP contribution in [0.15, 0.2) is 29.2 Å². The van der Waals surface area contributed by atoms with Crippen LogP contribution in [0.3, 0.4) is 0 Å². The molecule has 1 aromatic carbocycles. The molecule has 1 saturated heterocycles. The van der Waals surface area contributed by atoms with Crippen LogP contribution < -0.4 is 4.74 Å². The van der Waals surface area contributed by atoms with Gasteiger partial charge < -0.3 is 9.64 Å². The van der Waals surface area contributed by atoms with Crippen molar-refractivity contribution in [1.29, 1.82) is 0 Å². The lowest BCUT2D eigenvalue weighted by atomic mass is 9.94. The Bertz CT molecular complexity index is 693. The molecule has 1 amide bonds. The minimum atomic E-state index is -3.56. The van der Waals surface area contributed by atoms with Crippen molar-refractivity contribution in [2.24, 2.45) is 5.41 Å². The van der Waals surface area contributed by atoms with Gasteiger partial charge in [0, 0.05) is 31.6 Å². The van der Waals surface area contributed by atoms with Crippen LogP contribution in [0.2, 0.25) is 0 Å². The lowest BCUT2D eigenvalue weighted by molar-refractivity contribution is -0.139. The van der Waals surface area contributed by atoms with Crippen molar-refractivity contribution >= 4 is 15.9 Å². The van der Waals surface area contributed by atoms with E-state index in [1.165, 1.54) is 4.31 Å². The summed E-state index contributed by atoms with van der Waals surface area (Å²) >= 11 is 0. The summed E-state index contributed by atoms with van der Waals surface area (Å²) < 4.78 is 32.6. The van der Waals surface area contributed by atoms with E-state index < -0.39 is 15.4 Å². The number of carbonyl (C=O) groups excluding carboxylic acids is 1. The molecule has 0 aliphatic carbocycles. The maximum absolute atomic E-state index is 12.9. The second-order valence-corrected chi connectivity index (χ2v) is 9.14. The van der Waals surface area contributed by atoms with Crippen molar-refractivity contribution in [3.05, 3.63) is 24.3 Å². The van der Waals surface area contributed by atoms with Crippen molar-refractivity contribution in [3.8, 4) is 5.75 Å². The quantitative estimate of drug-likeness (QED) is 0.818. The molecule has 1 fully saturated rings.